The van der Waals surface area contributed by atoms with E-state index in [1.54, 1.807) is 18.3 Å². The van der Waals surface area contributed by atoms with Crippen LogP contribution in [0.2, 0.25) is 0 Å². The molecule has 28 heavy (non-hydrogen) atoms. The highest BCUT2D eigenvalue weighted by Gasteiger charge is 2.28. The Hall–Kier alpha value is -2.91. The average Bonchev–Trinajstić information content (AvgIpc) is 3.11. The number of nitrogens with one attached hydrogen (secondary N) is 2. The molecule has 9 nitrogen and oxygen atoms in total. The molecule has 2 aromatic rings. The van der Waals surface area contributed by atoms with E-state index in [0.29, 0.717) is 18.8 Å². The minimum Gasteiger partial charge on any atom is -0.484 e. The molecule has 1 aliphatic heterocycles. The Morgan fingerprint density at radius 1 is 1.36 bits per heavy atom. The second-order valence-corrected chi connectivity index (χ2v) is 6.76. The van der Waals surface area contributed by atoms with Crippen molar-refractivity contribution in [3.63, 3.8) is 0 Å². The molecule has 1 aromatic carbocycles. The average molecular weight is 386 g/mol. The molecule has 1 saturated heterocycles. The van der Waals surface area contributed by atoms with Gasteiger partial charge < -0.3 is 25.7 Å². The van der Waals surface area contributed by atoms with Crippen LogP contribution in [0.25, 0.3) is 0 Å². The summed E-state index contributed by atoms with van der Waals surface area (Å²) in [5.41, 5.74) is 6.00. The highest BCUT2D eigenvalue weighted by molar-refractivity contribution is 5.78. The van der Waals surface area contributed by atoms with Gasteiger partial charge in [0.25, 0.3) is 5.91 Å². The summed E-state index contributed by atoms with van der Waals surface area (Å²) >= 11 is 0. The Bertz CT molecular complexity index is 804. The minimum atomic E-state index is -0.520. The first-order chi connectivity index (χ1) is 13.5. The summed E-state index contributed by atoms with van der Waals surface area (Å²) < 4.78 is 7.21. The monoisotopic (exact) mass is 386 g/mol. The predicted octanol–water partition coefficient (Wildman–Crippen LogP) is -0.453. The van der Waals surface area contributed by atoms with E-state index in [1.807, 2.05) is 29.9 Å². The van der Waals surface area contributed by atoms with Crippen LogP contribution in [0.4, 0.5) is 0 Å². The van der Waals surface area contributed by atoms with Gasteiger partial charge in [-0.2, -0.15) is 0 Å². The molecule has 0 spiro atoms. The van der Waals surface area contributed by atoms with E-state index in [-0.39, 0.29) is 18.6 Å². The number of ether oxygens (including phenoxy) is 1. The van der Waals surface area contributed by atoms with Crippen LogP contribution in [0.15, 0.2) is 36.7 Å². The number of amides is 2. The molecule has 2 heterocycles. The largest absolute Gasteiger partial charge is 0.484 e. The Labute approximate surface area is 163 Å². The summed E-state index contributed by atoms with van der Waals surface area (Å²) in [6, 6.07) is 7.26. The molecule has 1 atom stereocenters. The first kappa shape index (κ1) is 19.8. The van der Waals surface area contributed by atoms with Gasteiger partial charge in [0.05, 0.1) is 12.6 Å². The Morgan fingerprint density at radius 2 is 2.14 bits per heavy atom. The second kappa shape index (κ2) is 9.34. The predicted molar refractivity (Wildman–Crippen MR) is 103 cm³/mol. The first-order valence-corrected chi connectivity index (χ1v) is 9.21. The molecule has 4 N–H and O–H groups in total. The number of carbonyl (C=O) groups excluding carboxylic acids is 2. The number of benzene rings is 1. The number of rotatable bonds is 8. The van der Waals surface area contributed by atoms with Crippen LogP contribution in [-0.2, 0) is 23.2 Å². The molecule has 2 amide bonds. The number of aryl methyl sites for hydroxylation is 1. The number of imidazole rings is 1. The lowest BCUT2D eigenvalue weighted by atomic mass is 10.1. The lowest BCUT2D eigenvalue weighted by molar-refractivity contribution is -0.123. The van der Waals surface area contributed by atoms with E-state index < -0.39 is 5.91 Å². The standard InChI is InChI=1S/C19H26N6O3/c1-24-8-7-22-19(24)16-11-21-6-9-25(16)12-18(27)23-10-14-2-4-15(5-3-14)28-13-17(20)26/h2-5,7-8,16,21H,6,9-13H2,1H3,(H2,20,26)(H,23,27). The van der Waals surface area contributed by atoms with Crippen LogP contribution in [0, 0.1) is 0 Å². The van der Waals surface area contributed by atoms with Crippen molar-refractivity contribution >= 4 is 11.8 Å². The summed E-state index contributed by atoms with van der Waals surface area (Å²) in [6.45, 7) is 2.99. The maximum atomic E-state index is 12.5. The van der Waals surface area contributed by atoms with Gasteiger partial charge in [-0.15, -0.1) is 0 Å². The fourth-order valence-electron chi connectivity index (χ4n) is 3.19. The van der Waals surface area contributed by atoms with Crippen LogP contribution >= 0.6 is 0 Å². The second-order valence-electron chi connectivity index (χ2n) is 6.76. The maximum Gasteiger partial charge on any atom is 0.255 e. The van der Waals surface area contributed by atoms with Crippen molar-refractivity contribution in [3.8, 4) is 5.75 Å². The number of piperazine rings is 1. The van der Waals surface area contributed by atoms with E-state index in [2.05, 4.69) is 20.5 Å². The molecule has 3 rings (SSSR count). The lowest BCUT2D eigenvalue weighted by Gasteiger charge is -2.35. The molecule has 1 aliphatic rings. The van der Waals surface area contributed by atoms with E-state index >= 15 is 0 Å². The van der Waals surface area contributed by atoms with Crippen LogP contribution in [0.1, 0.15) is 17.4 Å². The number of primary amides is 1. The first-order valence-electron chi connectivity index (χ1n) is 9.21. The van der Waals surface area contributed by atoms with Gasteiger partial charge in [-0.05, 0) is 17.7 Å². The zero-order chi connectivity index (χ0) is 19.9. The van der Waals surface area contributed by atoms with Crippen LogP contribution in [0.5, 0.6) is 5.75 Å². The topological polar surface area (TPSA) is 115 Å². The Balaban J connectivity index is 1.50. The molecule has 0 aliphatic carbocycles. The molecule has 1 fully saturated rings. The number of hydrogen-bond donors (Lipinski definition) is 3. The van der Waals surface area contributed by atoms with E-state index in [4.69, 9.17) is 10.5 Å². The van der Waals surface area contributed by atoms with E-state index in [0.717, 1.165) is 31.0 Å². The Morgan fingerprint density at radius 3 is 2.82 bits per heavy atom. The van der Waals surface area contributed by atoms with E-state index in [9.17, 15) is 9.59 Å². The van der Waals surface area contributed by atoms with Crippen molar-refractivity contribution < 1.29 is 14.3 Å². The van der Waals surface area contributed by atoms with Crippen LogP contribution in [0.3, 0.4) is 0 Å². The van der Waals surface area contributed by atoms with Gasteiger partial charge in [0.15, 0.2) is 6.61 Å². The molecule has 150 valence electrons. The van der Waals surface area contributed by atoms with Crippen molar-refractivity contribution in [3.05, 3.63) is 48.0 Å². The molecular weight excluding hydrogens is 360 g/mol. The van der Waals surface area contributed by atoms with Crippen molar-refractivity contribution in [2.45, 2.75) is 12.6 Å². The third-order valence-electron chi connectivity index (χ3n) is 4.65. The zero-order valence-electron chi connectivity index (χ0n) is 15.9. The van der Waals surface area contributed by atoms with Crippen molar-refractivity contribution in [2.24, 2.45) is 12.8 Å². The summed E-state index contributed by atoms with van der Waals surface area (Å²) in [7, 11) is 1.96. The third kappa shape index (κ3) is 5.30. The zero-order valence-corrected chi connectivity index (χ0v) is 15.9. The molecule has 0 radical (unpaired) electrons. The van der Waals surface area contributed by atoms with Gasteiger partial charge in [0, 0.05) is 45.6 Å². The van der Waals surface area contributed by atoms with Gasteiger partial charge >= 0.3 is 0 Å². The normalized spacial score (nSPS) is 17.2. The molecule has 9 heteroatoms. The summed E-state index contributed by atoms with van der Waals surface area (Å²) in [6.07, 6.45) is 3.69. The SMILES string of the molecule is Cn1ccnc1C1CNCCN1CC(=O)NCc1ccc(OCC(N)=O)cc1. The summed E-state index contributed by atoms with van der Waals surface area (Å²) in [4.78, 5) is 29.8. The number of nitrogens with zero attached hydrogens (tertiary/aromatic N) is 3. The van der Waals surface area contributed by atoms with Gasteiger partial charge in [0.2, 0.25) is 5.91 Å². The third-order valence-corrected chi connectivity index (χ3v) is 4.65. The van der Waals surface area contributed by atoms with Crippen LogP contribution in [-0.4, -0.2) is 59.1 Å². The quantitative estimate of drug-likeness (QED) is 0.566. The highest BCUT2D eigenvalue weighted by atomic mass is 16.5. The number of nitrogens with two attached hydrogens (primary N) is 1. The maximum absolute atomic E-state index is 12.5. The van der Waals surface area contributed by atoms with Gasteiger partial charge in [0.1, 0.15) is 11.6 Å². The fourth-order valence-corrected chi connectivity index (χ4v) is 3.19. The highest BCUT2D eigenvalue weighted by Crippen LogP contribution is 2.19. The lowest BCUT2D eigenvalue weighted by Crippen LogP contribution is -2.50. The van der Waals surface area contributed by atoms with Crippen molar-refractivity contribution in [1.82, 2.24) is 25.1 Å². The molecular formula is C19H26N6O3. The van der Waals surface area contributed by atoms with E-state index in [1.165, 1.54) is 0 Å². The summed E-state index contributed by atoms with van der Waals surface area (Å²) in [5.74, 6) is 0.961. The molecule has 0 bridgehead atoms. The molecule has 1 aromatic heterocycles. The molecule has 0 saturated carbocycles. The number of aromatic nitrogens is 2. The van der Waals surface area contributed by atoms with Crippen molar-refractivity contribution in [2.75, 3.05) is 32.8 Å². The minimum absolute atomic E-state index is 0.0323. The van der Waals surface area contributed by atoms with Gasteiger partial charge in [-0.1, -0.05) is 12.1 Å². The van der Waals surface area contributed by atoms with Crippen molar-refractivity contribution in [1.29, 1.82) is 0 Å². The van der Waals surface area contributed by atoms with Gasteiger partial charge in [-0.3, -0.25) is 14.5 Å². The Kier molecular flexibility index (Phi) is 6.62. The fraction of sp³-hybridized carbons (Fsp3) is 0.421. The smallest absolute Gasteiger partial charge is 0.255 e. The van der Waals surface area contributed by atoms with Crippen LogP contribution < -0.4 is 21.1 Å². The number of carbonyl (C=O) groups is 2. The van der Waals surface area contributed by atoms with Gasteiger partial charge in [-0.25, -0.2) is 4.98 Å². The number of hydrogen-bond acceptors (Lipinski definition) is 6. The molecule has 1 unspecified atom stereocenters. The summed E-state index contributed by atoms with van der Waals surface area (Å²) in [5, 5.41) is 6.32.